The Labute approximate surface area is 85.5 Å². The van der Waals surface area contributed by atoms with Crippen molar-refractivity contribution in [1.82, 2.24) is 0 Å². The van der Waals surface area contributed by atoms with Gasteiger partial charge in [-0.2, -0.15) is 0 Å². The molecule has 0 aromatic rings. The number of carbonyl (C=O) groups is 1. The summed E-state index contributed by atoms with van der Waals surface area (Å²) in [4.78, 5) is 10.8. The van der Waals surface area contributed by atoms with Crippen LogP contribution in [0.25, 0.3) is 0 Å². The molecule has 3 nitrogen and oxygen atoms in total. The SMILES string of the molecule is CCC(=O)OC[C@H](O)C[C]1[CH][CH][CH][CH]1. The van der Waals surface area contributed by atoms with Gasteiger partial charge in [0, 0.05) is 6.42 Å². The Kier molecular flexibility index (Phi) is 4.94. The average Bonchev–Trinajstić information content (AvgIpc) is 2.66. The molecule has 0 unspecified atom stereocenters. The number of rotatable bonds is 5. The molecule has 0 amide bonds. The van der Waals surface area contributed by atoms with Crippen molar-refractivity contribution >= 4 is 5.97 Å². The molecule has 14 heavy (non-hydrogen) atoms. The van der Waals surface area contributed by atoms with E-state index in [4.69, 9.17) is 4.74 Å². The summed E-state index contributed by atoms with van der Waals surface area (Å²) in [5.74, 6) is 0.789. The average molecular weight is 195 g/mol. The van der Waals surface area contributed by atoms with Crippen LogP contribution in [-0.4, -0.2) is 23.8 Å². The van der Waals surface area contributed by atoms with Crippen molar-refractivity contribution in [2.75, 3.05) is 6.61 Å². The summed E-state index contributed by atoms with van der Waals surface area (Å²) < 4.78 is 4.81. The van der Waals surface area contributed by atoms with Gasteiger partial charge in [0.2, 0.25) is 0 Å². The van der Waals surface area contributed by atoms with Gasteiger partial charge in [-0.25, -0.2) is 0 Å². The van der Waals surface area contributed by atoms with Crippen LogP contribution < -0.4 is 0 Å². The van der Waals surface area contributed by atoms with Crippen LogP contribution in [-0.2, 0) is 9.53 Å². The Morgan fingerprint density at radius 2 is 2.14 bits per heavy atom. The van der Waals surface area contributed by atoms with Crippen LogP contribution in [0.1, 0.15) is 19.8 Å². The highest BCUT2D eigenvalue weighted by molar-refractivity contribution is 5.68. The minimum Gasteiger partial charge on any atom is -0.463 e. The molecule has 1 atom stereocenters. The van der Waals surface area contributed by atoms with Crippen LogP contribution >= 0.6 is 0 Å². The molecule has 0 aromatic carbocycles. The van der Waals surface area contributed by atoms with Crippen molar-refractivity contribution in [1.29, 1.82) is 0 Å². The summed E-state index contributed by atoms with van der Waals surface area (Å²) in [5, 5.41) is 9.49. The first kappa shape index (κ1) is 11.5. The molecule has 3 heteroatoms. The molecule has 0 saturated heterocycles. The molecule has 0 bridgehead atoms. The molecule has 0 aromatic heterocycles. The number of aliphatic hydroxyl groups is 1. The van der Waals surface area contributed by atoms with Gasteiger partial charge in [0.05, 0.1) is 6.10 Å². The van der Waals surface area contributed by atoms with Crippen molar-refractivity contribution in [2.45, 2.75) is 25.9 Å². The summed E-state index contributed by atoms with van der Waals surface area (Å²) in [7, 11) is 0. The van der Waals surface area contributed by atoms with Gasteiger partial charge in [-0.15, -0.1) is 0 Å². The van der Waals surface area contributed by atoms with Crippen LogP contribution in [0.5, 0.6) is 0 Å². The van der Waals surface area contributed by atoms with E-state index in [1.807, 2.05) is 25.7 Å². The van der Waals surface area contributed by atoms with Crippen molar-refractivity contribution < 1.29 is 14.6 Å². The number of ether oxygens (including phenoxy) is 1. The maximum Gasteiger partial charge on any atom is 0.305 e. The molecule has 0 spiro atoms. The normalized spacial score (nSPS) is 19.6. The molecule has 5 radical (unpaired) electrons. The minimum atomic E-state index is -0.604. The molecular weight excluding hydrogens is 180 g/mol. The summed E-state index contributed by atoms with van der Waals surface area (Å²) >= 11 is 0. The van der Waals surface area contributed by atoms with E-state index >= 15 is 0 Å². The van der Waals surface area contributed by atoms with Crippen LogP contribution in [0.3, 0.4) is 0 Å². The van der Waals surface area contributed by atoms with Crippen molar-refractivity contribution in [3.63, 3.8) is 0 Å². The lowest BCUT2D eigenvalue weighted by atomic mass is 10.0. The molecule has 1 rings (SSSR count). The summed E-state index contributed by atoms with van der Waals surface area (Å²) in [6.07, 6.45) is 7.98. The van der Waals surface area contributed by atoms with Crippen LogP contribution in [0, 0.1) is 31.6 Å². The summed E-state index contributed by atoms with van der Waals surface area (Å²) in [5.41, 5.74) is 0. The number of aliphatic hydroxyl groups excluding tert-OH is 1. The van der Waals surface area contributed by atoms with Gasteiger partial charge in [0.1, 0.15) is 6.61 Å². The third-order valence-electron chi connectivity index (χ3n) is 1.93. The fraction of sp³-hybridized carbons (Fsp3) is 0.455. The smallest absolute Gasteiger partial charge is 0.305 e. The zero-order valence-electron chi connectivity index (χ0n) is 8.27. The van der Waals surface area contributed by atoms with Gasteiger partial charge in [0.15, 0.2) is 0 Å². The van der Waals surface area contributed by atoms with E-state index in [0.29, 0.717) is 12.8 Å². The van der Waals surface area contributed by atoms with Crippen LogP contribution in [0.4, 0.5) is 0 Å². The second-order valence-electron chi connectivity index (χ2n) is 3.19. The molecule has 0 aliphatic heterocycles. The number of hydrogen-bond acceptors (Lipinski definition) is 3. The zero-order chi connectivity index (χ0) is 10.4. The Balaban J connectivity index is 2.08. The Morgan fingerprint density at radius 1 is 1.50 bits per heavy atom. The Morgan fingerprint density at radius 3 is 2.71 bits per heavy atom. The van der Waals surface area contributed by atoms with E-state index in [0.717, 1.165) is 5.92 Å². The number of carbonyl (C=O) groups excluding carboxylic acids is 1. The number of esters is 1. The molecule has 1 saturated carbocycles. The second-order valence-corrected chi connectivity index (χ2v) is 3.19. The monoisotopic (exact) mass is 195 g/mol. The van der Waals surface area contributed by atoms with E-state index < -0.39 is 6.10 Å². The largest absolute Gasteiger partial charge is 0.463 e. The number of hydrogen-bond donors (Lipinski definition) is 1. The first-order valence-electron chi connectivity index (χ1n) is 4.76. The van der Waals surface area contributed by atoms with Gasteiger partial charge in [0.25, 0.3) is 0 Å². The van der Waals surface area contributed by atoms with Gasteiger partial charge < -0.3 is 9.84 Å². The standard InChI is InChI=1S/C11H15O3/c1-2-11(13)14-8-10(12)7-9-5-3-4-6-9/h3-6,10,12H,2,7-8H2,1H3/t10-/m1/s1. The van der Waals surface area contributed by atoms with Crippen LogP contribution in [0.15, 0.2) is 0 Å². The first-order valence-corrected chi connectivity index (χ1v) is 4.76. The van der Waals surface area contributed by atoms with Gasteiger partial charge in [-0.1, -0.05) is 6.92 Å². The van der Waals surface area contributed by atoms with E-state index in [1.165, 1.54) is 0 Å². The fourth-order valence-electron chi connectivity index (χ4n) is 1.17. The predicted octanol–water partition coefficient (Wildman–Crippen LogP) is 1.10. The minimum absolute atomic E-state index is 0.0812. The molecular formula is C11H15O3. The third kappa shape index (κ3) is 4.09. The van der Waals surface area contributed by atoms with Gasteiger partial charge in [-0.3, -0.25) is 4.79 Å². The molecule has 1 fully saturated rings. The molecule has 1 aliphatic carbocycles. The third-order valence-corrected chi connectivity index (χ3v) is 1.93. The second kappa shape index (κ2) is 6.02. The zero-order valence-corrected chi connectivity index (χ0v) is 8.27. The Hall–Kier alpha value is -0.570. The van der Waals surface area contributed by atoms with Crippen molar-refractivity contribution in [2.24, 2.45) is 0 Å². The topological polar surface area (TPSA) is 46.5 Å². The summed E-state index contributed by atoms with van der Waals surface area (Å²) in [6.45, 7) is 1.81. The van der Waals surface area contributed by atoms with Crippen molar-refractivity contribution in [3.8, 4) is 0 Å². The fourth-order valence-corrected chi connectivity index (χ4v) is 1.17. The highest BCUT2D eigenvalue weighted by Gasteiger charge is 2.20. The molecule has 0 heterocycles. The maximum atomic E-state index is 10.8. The highest BCUT2D eigenvalue weighted by atomic mass is 16.5. The lowest BCUT2D eigenvalue weighted by Gasteiger charge is -2.14. The molecule has 1 N–H and O–H groups in total. The molecule has 1 aliphatic rings. The highest BCUT2D eigenvalue weighted by Crippen LogP contribution is 2.27. The maximum absolute atomic E-state index is 10.8. The quantitative estimate of drug-likeness (QED) is 0.668. The lowest BCUT2D eigenvalue weighted by molar-refractivity contribution is -0.146. The van der Waals surface area contributed by atoms with E-state index in [1.54, 1.807) is 6.92 Å². The van der Waals surface area contributed by atoms with E-state index in [2.05, 4.69) is 0 Å². The van der Waals surface area contributed by atoms with E-state index in [9.17, 15) is 9.90 Å². The lowest BCUT2D eigenvalue weighted by Crippen LogP contribution is -2.20. The van der Waals surface area contributed by atoms with Gasteiger partial charge in [-0.05, 0) is 38.0 Å². The van der Waals surface area contributed by atoms with Crippen LogP contribution in [0.2, 0.25) is 0 Å². The molecule has 77 valence electrons. The van der Waals surface area contributed by atoms with Crippen molar-refractivity contribution in [3.05, 3.63) is 31.6 Å². The Bertz CT molecular complexity index is 173. The summed E-state index contributed by atoms with van der Waals surface area (Å²) in [6, 6.07) is 0. The van der Waals surface area contributed by atoms with E-state index in [-0.39, 0.29) is 12.6 Å². The predicted molar refractivity (Wildman–Crippen MR) is 52.3 cm³/mol. The first-order chi connectivity index (χ1) is 6.72. The van der Waals surface area contributed by atoms with Gasteiger partial charge >= 0.3 is 5.97 Å².